The number of fused-ring (bicyclic) bond motifs is 2. The van der Waals surface area contributed by atoms with Gasteiger partial charge in [0.2, 0.25) is 11.0 Å². The third kappa shape index (κ3) is 12.1. The van der Waals surface area contributed by atoms with E-state index in [4.69, 9.17) is 10.2 Å². The summed E-state index contributed by atoms with van der Waals surface area (Å²) in [7, 11) is -10.8. The number of pyridine rings is 2. The van der Waals surface area contributed by atoms with E-state index in [1.165, 1.54) is 0 Å². The third-order valence-corrected chi connectivity index (χ3v) is 3.78. The minimum atomic E-state index is -10.8. The summed E-state index contributed by atoms with van der Waals surface area (Å²) in [5, 5.41) is 19.4. The molecule has 0 aliphatic heterocycles. The van der Waals surface area contributed by atoms with E-state index in [2.05, 4.69) is 9.97 Å². The SMILES string of the molecule is F[Si-2](F)(F)(F)(F)F.O.O.O=C(O)c1ccc2ccccc2[nH+]1.O=C(O)c1ccc2ccccc2[nH+]1. The molecule has 35 heavy (non-hydrogen) atoms. The third-order valence-electron chi connectivity index (χ3n) is 3.78. The van der Waals surface area contributed by atoms with Crippen molar-refractivity contribution in [1.29, 1.82) is 0 Å². The molecule has 0 saturated heterocycles. The zero-order valence-electron chi connectivity index (χ0n) is 17.4. The molecule has 4 rings (SSSR count). The Hall–Kier alpha value is -4.08. The monoisotopic (exact) mass is 526 g/mol. The molecule has 2 aromatic carbocycles. The molecule has 15 heteroatoms. The van der Waals surface area contributed by atoms with Crippen LogP contribution in [0.15, 0.2) is 72.8 Å². The van der Waals surface area contributed by atoms with Crippen molar-refractivity contribution in [2.75, 3.05) is 0 Å². The van der Waals surface area contributed by atoms with Crippen LogP contribution < -0.4 is 9.97 Å². The van der Waals surface area contributed by atoms with Gasteiger partial charge in [0.15, 0.2) is 0 Å². The summed E-state index contributed by atoms with van der Waals surface area (Å²) >= 11 is 0. The number of carboxylic acids is 2. The number of hydrogen-bond acceptors (Lipinski definition) is 2. The van der Waals surface area contributed by atoms with Gasteiger partial charge in [-0.1, -0.05) is 24.3 Å². The molecule has 0 aliphatic rings. The van der Waals surface area contributed by atoms with Crippen molar-refractivity contribution >= 4 is 42.4 Å². The number of aromatic carboxylic acids is 2. The Balaban J connectivity index is 0.000000506. The first-order chi connectivity index (χ1) is 15.0. The van der Waals surface area contributed by atoms with Crippen LogP contribution in [0.3, 0.4) is 0 Å². The smallest absolute Gasteiger partial charge is 0.401 e. The van der Waals surface area contributed by atoms with Gasteiger partial charge in [-0.25, -0.2) is 9.59 Å². The van der Waals surface area contributed by atoms with E-state index < -0.39 is 20.6 Å². The van der Waals surface area contributed by atoms with E-state index in [9.17, 15) is 34.2 Å². The minimum absolute atomic E-state index is 0. The van der Waals surface area contributed by atoms with E-state index >= 15 is 0 Å². The molecule has 0 amide bonds. The number of rotatable bonds is 2. The van der Waals surface area contributed by atoms with Crippen LogP contribution in [-0.4, -0.2) is 41.7 Å². The fraction of sp³-hybridized carbons (Fsp3) is 0. The first-order valence-electron chi connectivity index (χ1n) is 8.97. The molecule has 192 valence electrons. The fourth-order valence-corrected chi connectivity index (χ4v) is 2.48. The molecule has 2 heterocycles. The summed E-state index contributed by atoms with van der Waals surface area (Å²) in [6.45, 7) is 0. The van der Waals surface area contributed by atoms with Crippen LogP contribution in [0.2, 0.25) is 0 Å². The van der Waals surface area contributed by atoms with Gasteiger partial charge in [0.1, 0.15) is 0 Å². The number of carbonyl (C=O) groups is 2. The molecule has 0 fully saturated rings. The minimum Gasteiger partial charge on any atom is -0.473 e. The van der Waals surface area contributed by atoms with Gasteiger partial charge >= 0.3 is 45.2 Å². The summed E-state index contributed by atoms with van der Waals surface area (Å²) in [4.78, 5) is 26.9. The Morgan fingerprint density at radius 2 is 0.857 bits per heavy atom. The van der Waals surface area contributed by atoms with E-state index in [0.29, 0.717) is 0 Å². The summed E-state index contributed by atoms with van der Waals surface area (Å²) in [6, 6.07) is 21.8. The summed E-state index contributed by atoms with van der Waals surface area (Å²) in [6.07, 6.45) is 0. The van der Waals surface area contributed by atoms with E-state index in [-0.39, 0.29) is 22.3 Å². The van der Waals surface area contributed by atoms with Gasteiger partial charge in [0, 0.05) is 35.0 Å². The van der Waals surface area contributed by atoms with Crippen LogP contribution in [0.25, 0.3) is 21.8 Å². The van der Waals surface area contributed by atoms with Gasteiger partial charge in [-0.2, -0.15) is 9.97 Å². The normalized spacial score (nSPS) is 12.2. The van der Waals surface area contributed by atoms with Gasteiger partial charge in [-0.15, -0.1) is 0 Å². The van der Waals surface area contributed by atoms with Crippen molar-refractivity contribution in [3.8, 4) is 0 Å². The molecule has 0 atom stereocenters. The quantitative estimate of drug-likeness (QED) is 0.233. The van der Waals surface area contributed by atoms with E-state index in [0.717, 1.165) is 21.8 Å². The fourth-order valence-electron chi connectivity index (χ4n) is 2.48. The number of aromatic nitrogens is 2. The number of carboxylic acid groups (broad SMARTS) is 2. The Morgan fingerprint density at radius 3 is 1.14 bits per heavy atom. The van der Waals surface area contributed by atoms with Crippen molar-refractivity contribution in [3.05, 3.63) is 84.2 Å². The summed E-state index contributed by atoms with van der Waals surface area (Å²) in [5.41, 5.74) is 2.09. The zero-order valence-corrected chi connectivity index (χ0v) is 18.4. The van der Waals surface area contributed by atoms with E-state index in [1.54, 1.807) is 24.3 Å². The number of H-pyrrole nitrogens is 2. The maximum Gasteiger partial charge on any atom is 0.401 e. The average Bonchev–Trinajstić information content (AvgIpc) is 2.71. The molecule has 4 aromatic rings. The van der Waals surface area contributed by atoms with Gasteiger partial charge in [-0.05, 0) is 24.3 Å². The number of nitrogens with one attached hydrogen (secondary N) is 2. The second-order valence-electron chi connectivity index (χ2n) is 6.60. The van der Waals surface area contributed by atoms with Gasteiger partial charge in [-0.3, -0.25) is 0 Å². The van der Waals surface area contributed by atoms with Crippen LogP contribution >= 0.6 is 0 Å². The first-order valence-corrected chi connectivity index (χ1v) is 11.2. The van der Waals surface area contributed by atoms with Crippen molar-refractivity contribution in [3.63, 3.8) is 0 Å². The van der Waals surface area contributed by atoms with Gasteiger partial charge < -0.3 is 21.2 Å². The molecule has 0 aliphatic carbocycles. The van der Waals surface area contributed by atoms with Crippen LogP contribution in [0, 0.1) is 0 Å². The molecule has 0 spiro atoms. The number of halogens is 6. The maximum absolute atomic E-state index is 10.8. The molecule has 0 saturated carbocycles. The van der Waals surface area contributed by atoms with E-state index in [1.807, 2.05) is 48.5 Å². The molecular weight excluding hydrogens is 506 g/mol. The number of hydrogen-bond donors (Lipinski definition) is 2. The molecule has 0 unspecified atom stereocenters. The van der Waals surface area contributed by atoms with Crippen LogP contribution in [-0.2, 0) is 0 Å². The molecular formula is C20H20F6N2O6Si. The van der Waals surface area contributed by atoms with Crippen LogP contribution in [0.1, 0.15) is 21.0 Å². The Bertz CT molecular complexity index is 1240. The molecule has 0 bridgehead atoms. The predicted molar refractivity (Wildman–Crippen MR) is 115 cm³/mol. The topological polar surface area (TPSA) is 166 Å². The first kappa shape index (κ1) is 30.9. The van der Waals surface area contributed by atoms with Crippen molar-refractivity contribution in [1.82, 2.24) is 0 Å². The van der Waals surface area contributed by atoms with Gasteiger partial charge in [0.25, 0.3) is 11.4 Å². The van der Waals surface area contributed by atoms with Gasteiger partial charge in [0.05, 0.1) is 0 Å². The average molecular weight is 526 g/mol. The molecule has 0 radical (unpaired) electrons. The molecule has 8 nitrogen and oxygen atoms in total. The Kier molecular flexibility index (Phi) is 9.23. The standard InChI is InChI=1S/2C10H7NO2.F6Si.2H2O/c2*12-10(13)9-6-5-7-3-1-2-4-8(7)11-9;1-7(2,3,4,5)6;;/h2*1-6H,(H,12,13);;2*1H2/q;;-2;;/p+2. The van der Waals surface area contributed by atoms with Crippen LogP contribution in [0.5, 0.6) is 0 Å². The zero-order chi connectivity index (χ0) is 24.9. The van der Waals surface area contributed by atoms with Crippen molar-refractivity contribution in [2.24, 2.45) is 0 Å². The molecule has 2 aromatic heterocycles. The Labute approximate surface area is 192 Å². The van der Waals surface area contributed by atoms with Crippen molar-refractivity contribution in [2.45, 2.75) is 0 Å². The second-order valence-corrected chi connectivity index (χ2v) is 8.74. The number of benzene rings is 2. The second kappa shape index (κ2) is 10.5. The van der Waals surface area contributed by atoms with Crippen LogP contribution in [0.4, 0.5) is 24.6 Å². The number of para-hydroxylation sites is 2. The predicted octanol–water partition coefficient (Wildman–Crippen LogP) is 3.20. The Morgan fingerprint density at radius 1 is 0.571 bits per heavy atom. The maximum atomic E-state index is 10.6. The summed E-state index contributed by atoms with van der Waals surface area (Å²) < 4.78 is 59.3. The molecule has 8 N–H and O–H groups in total. The largest absolute Gasteiger partial charge is 0.473 e. The van der Waals surface area contributed by atoms with Crippen molar-refractivity contribution < 1.29 is 65.4 Å². The number of aromatic amines is 2. The summed E-state index contributed by atoms with van der Waals surface area (Å²) in [5.74, 6) is -1.88.